The highest BCUT2D eigenvalue weighted by Crippen LogP contribution is 2.32. The van der Waals surface area contributed by atoms with Crippen LogP contribution in [0.25, 0.3) is 0 Å². The third-order valence-electron chi connectivity index (χ3n) is 5.56. The van der Waals surface area contributed by atoms with Crippen molar-refractivity contribution in [2.75, 3.05) is 22.1 Å². The molecule has 1 aliphatic heterocycles. The summed E-state index contributed by atoms with van der Waals surface area (Å²) in [7, 11) is 0. The van der Waals surface area contributed by atoms with Crippen LogP contribution in [0.3, 0.4) is 0 Å². The summed E-state index contributed by atoms with van der Waals surface area (Å²) in [6, 6.07) is 20.0. The topological polar surface area (TPSA) is 105 Å². The van der Waals surface area contributed by atoms with Crippen molar-refractivity contribution in [3.8, 4) is 0 Å². The summed E-state index contributed by atoms with van der Waals surface area (Å²) in [5, 5.41) is 5.36. The first-order valence-electron chi connectivity index (χ1n) is 11.6. The summed E-state index contributed by atoms with van der Waals surface area (Å²) < 4.78 is 5.19. The SMILES string of the molecule is CCCOC(=O)c1ccccc1N1C(=O)C(Cl)=C(Nc2ccc(C(=O)Nc3ccc(C)cc3)cc2)C1=O. The van der Waals surface area contributed by atoms with Gasteiger partial charge < -0.3 is 15.4 Å². The molecule has 37 heavy (non-hydrogen) atoms. The number of carbonyl (C=O) groups is 4. The van der Waals surface area contributed by atoms with Crippen LogP contribution in [0, 0.1) is 6.92 Å². The monoisotopic (exact) mass is 517 g/mol. The lowest BCUT2D eigenvalue weighted by atomic mass is 10.1. The number of carbonyl (C=O) groups excluding carboxylic acids is 4. The fourth-order valence-electron chi connectivity index (χ4n) is 3.63. The van der Waals surface area contributed by atoms with Gasteiger partial charge in [0, 0.05) is 16.9 Å². The number of hydrogen-bond acceptors (Lipinski definition) is 6. The number of para-hydroxylation sites is 1. The van der Waals surface area contributed by atoms with Crippen LogP contribution < -0.4 is 15.5 Å². The number of anilines is 3. The van der Waals surface area contributed by atoms with Gasteiger partial charge in [-0.3, -0.25) is 14.4 Å². The number of amides is 3. The minimum absolute atomic E-state index is 0.0762. The van der Waals surface area contributed by atoms with E-state index in [1.54, 1.807) is 36.4 Å². The lowest BCUT2D eigenvalue weighted by Crippen LogP contribution is -2.33. The van der Waals surface area contributed by atoms with Gasteiger partial charge in [0.1, 0.15) is 10.7 Å². The second kappa shape index (κ2) is 11.1. The van der Waals surface area contributed by atoms with Crippen molar-refractivity contribution in [2.24, 2.45) is 0 Å². The van der Waals surface area contributed by atoms with Gasteiger partial charge in [-0.25, -0.2) is 9.69 Å². The Bertz CT molecular complexity index is 1400. The van der Waals surface area contributed by atoms with E-state index in [4.69, 9.17) is 16.3 Å². The van der Waals surface area contributed by atoms with Crippen LogP contribution in [0.15, 0.2) is 83.5 Å². The second-order valence-corrected chi connectivity index (χ2v) is 8.69. The molecule has 0 atom stereocenters. The summed E-state index contributed by atoms with van der Waals surface area (Å²) in [6.07, 6.45) is 0.628. The Morgan fingerprint density at radius 1 is 0.892 bits per heavy atom. The lowest BCUT2D eigenvalue weighted by Gasteiger charge is -2.18. The molecule has 0 aliphatic carbocycles. The molecule has 0 unspecified atom stereocenters. The average Bonchev–Trinajstić information content (AvgIpc) is 3.11. The maximum atomic E-state index is 13.2. The third-order valence-corrected chi connectivity index (χ3v) is 5.91. The molecule has 2 N–H and O–H groups in total. The first-order chi connectivity index (χ1) is 17.8. The smallest absolute Gasteiger partial charge is 0.340 e. The number of aryl methyl sites for hydroxylation is 1. The number of esters is 1. The van der Waals surface area contributed by atoms with E-state index in [0.717, 1.165) is 10.5 Å². The number of nitrogens with one attached hydrogen (secondary N) is 2. The quantitative estimate of drug-likeness (QED) is 0.312. The van der Waals surface area contributed by atoms with E-state index in [1.165, 1.54) is 12.1 Å². The minimum atomic E-state index is -0.765. The minimum Gasteiger partial charge on any atom is -0.462 e. The Morgan fingerprint density at radius 2 is 1.54 bits per heavy atom. The Labute approximate surface area is 218 Å². The van der Waals surface area contributed by atoms with Crippen molar-refractivity contribution in [3.63, 3.8) is 0 Å². The summed E-state index contributed by atoms with van der Waals surface area (Å²) in [5.41, 5.74) is 2.62. The fraction of sp³-hybridized carbons (Fsp3) is 0.143. The molecule has 3 aromatic carbocycles. The van der Waals surface area contributed by atoms with Gasteiger partial charge in [0.05, 0.1) is 17.9 Å². The molecule has 0 fully saturated rings. The number of benzene rings is 3. The summed E-state index contributed by atoms with van der Waals surface area (Å²) >= 11 is 6.24. The van der Waals surface area contributed by atoms with Crippen molar-refractivity contribution in [1.29, 1.82) is 0 Å². The molecule has 188 valence electrons. The van der Waals surface area contributed by atoms with E-state index in [-0.39, 0.29) is 34.5 Å². The van der Waals surface area contributed by atoms with Gasteiger partial charge >= 0.3 is 5.97 Å². The molecule has 0 radical (unpaired) electrons. The largest absolute Gasteiger partial charge is 0.462 e. The number of rotatable bonds is 8. The Hall–Kier alpha value is -4.43. The number of nitrogens with zero attached hydrogens (tertiary/aromatic N) is 1. The van der Waals surface area contributed by atoms with Gasteiger partial charge in [0.25, 0.3) is 17.7 Å². The highest BCUT2D eigenvalue weighted by atomic mass is 35.5. The zero-order valence-electron chi connectivity index (χ0n) is 20.2. The number of ether oxygens (including phenoxy) is 1. The molecule has 1 aliphatic rings. The van der Waals surface area contributed by atoms with E-state index in [1.807, 2.05) is 38.1 Å². The maximum absolute atomic E-state index is 13.2. The predicted octanol–water partition coefficient (Wildman–Crippen LogP) is 5.25. The molecule has 0 aromatic heterocycles. The van der Waals surface area contributed by atoms with E-state index >= 15 is 0 Å². The van der Waals surface area contributed by atoms with Gasteiger partial charge in [-0.2, -0.15) is 0 Å². The zero-order chi connectivity index (χ0) is 26.5. The first kappa shape index (κ1) is 25.7. The molecule has 9 heteroatoms. The molecule has 0 spiro atoms. The number of imide groups is 1. The summed E-state index contributed by atoms with van der Waals surface area (Å²) in [6.45, 7) is 4.03. The van der Waals surface area contributed by atoms with Crippen molar-refractivity contribution in [3.05, 3.63) is 100 Å². The van der Waals surface area contributed by atoms with Crippen LogP contribution in [0.1, 0.15) is 39.6 Å². The van der Waals surface area contributed by atoms with Crippen LogP contribution in [-0.2, 0) is 14.3 Å². The van der Waals surface area contributed by atoms with Crippen LogP contribution in [0.5, 0.6) is 0 Å². The lowest BCUT2D eigenvalue weighted by molar-refractivity contribution is -0.120. The molecule has 1 heterocycles. The third kappa shape index (κ3) is 5.54. The van der Waals surface area contributed by atoms with E-state index in [0.29, 0.717) is 23.4 Å². The predicted molar refractivity (Wildman–Crippen MR) is 142 cm³/mol. The number of hydrogen-bond donors (Lipinski definition) is 2. The van der Waals surface area contributed by atoms with Crippen molar-refractivity contribution in [1.82, 2.24) is 0 Å². The normalized spacial score (nSPS) is 13.1. The van der Waals surface area contributed by atoms with Crippen molar-refractivity contribution >= 4 is 52.4 Å². The fourth-order valence-corrected chi connectivity index (χ4v) is 3.85. The van der Waals surface area contributed by atoms with E-state index in [9.17, 15) is 19.2 Å². The van der Waals surface area contributed by atoms with E-state index < -0.39 is 17.8 Å². The van der Waals surface area contributed by atoms with Crippen LogP contribution in [-0.4, -0.2) is 30.3 Å². The zero-order valence-corrected chi connectivity index (χ0v) is 21.0. The molecule has 3 aromatic rings. The van der Waals surface area contributed by atoms with Gasteiger partial charge in [-0.05, 0) is 61.9 Å². The highest BCUT2D eigenvalue weighted by molar-refractivity contribution is 6.53. The highest BCUT2D eigenvalue weighted by Gasteiger charge is 2.40. The molecule has 0 bridgehead atoms. The van der Waals surface area contributed by atoms with Crippen molar-refractivity contribution in [2.45, 2.75) is 20.3 Å². The van der Waals surface area contributed by atoms with E-state index in [2.05, 4.69) is 10.6 Å². The van der Waals surface area contributed by atoms with Crippen LogP contribution in [0.4, 0.5) is 17.1 Å². The van der Waals surface area contributed by atoms with Crippen molar-refractivity contribution < 1.29 is 23.9 Å². The van der Waals surface area contributed by atoms with Gasteiger partial charge in [0.2, 0.25) is 0 Å². The maximum Gasteiger partial charge on any atom is 0.340 e. The summed E-state index contributed by atoms with van der Waals surface area (Å²) in [4.78, 5) is 52.0. The molecule has 8 nitrogen and oxygen atoms in total. The van der Waals surface area contributed by atoms with Crippen LogP contribution in [0.2, 0.25) is 0 Å². The van der Waals surface area contributed by atoms with Gasteiger partial charge in [-0.1, -0.05) is 48.4 Å². The molecule has 3 amide bonds. The second-order valence-electron chi connectivity index (χ2n) is 8.31. The summed E-state index contributed by atoms with van der Waals surface area (Å²) in [5.74, 6) is -2.42. The molecule has 0 saturated carbocycles. The Morgan fingerprint density at radius 3 is 2.22 bits per heavy atom. The Balaban J connectivity index is 1.50. The molecule has 4 rings (SSSR count). The first-order valence-corrected chi connectivity index (χ1v) is 12.0. The standard InChI is InChI=1S/C28H24ClN3O5/c1-3-16-37-28(36)21-6-4-5-7-22(21)32-26(34)23(29)24(27(32)35)30-19-14-10-18(11-15-19)25(33)31-20-12-8-17(2)9-13-20/h4-15,30H,3,16H2,1-2H3,(H,31,33). The van der Waals surface area contributed by atoms with Gasteiger partial charge in [0.15, 0.2) is 0 Å². The van der Waals surface area contributed by atoms with Gasteiger partial charge in [-0.15, -0.1) is 0 Å². The Kier molecular flexibility index (Phi) is 7.69. The molecule has 0 saturated heterocycles. The molecular weight excluding hydrogens is 494 g/mol. The average molecular weight is 518 g/mol. The molecular formula is C28H24ClN3O5. The van der Waals surface area contributed by atoms with Crippen LogP contribution >= 0.6 is 11.6 Å². The number of halogens is 1.